The molecule has 9 heavy (non-hydrogen) atoms. The van der Waals surface area contributed by atoms with Gasteiger partial charge in [-0.2, -0.15) is 5.26 Å². The normalized spacial score (nSPS) is 12.6. The smallest absolute Gasteiger partial charge is 0.0624 e. The first-order valence-electron chi connectivity index (χ1n) is 3.42. The van der Waals surface area contributed by atoms with E-state index in [-0.39, 0.29) is 0 Å². The molecule has 0 fully saturated rings. The summed E-state index contributed by atoms with van der Waals surface area (Å²) < 4.78 is 0. The van der Waals surface area contributed by atoms with Crippen molar-refractivity contribution in [1.29, 1.82) is 5.26 Å². The van der Waals surface area contributed by atoms with Crippen LogP contribution in [0.25, 0.3) is 0 Å². The fourth-order valence-electron chi connectivity index (χ4n) is 0.815. The van der Waals surface area contributed by atoms with Gasteiger partial charge in [0, 0.05) is 6.42 Å². The summed E-state index contributed by atoms with van der Waals surface area (Å²) in [6.07, 6.45) is 2.72. The van der Waals surface area contributed by atoms with Gasteiger partial charge in [-0.3, -0.25) is 0 Å². The van der Waals surface area contributed by atoms with E-state index in [1.54, 1.807) is 0 Å². The molecular formula is C7H14N2. The molecule has 2 nitrogen and oxygen atoms in total. The predicted octanol–water partition coefficient (Wildman–Crippen LogP) is 1.28. The molecule has 0 aliphatic carbocycles. The summed E-state index contributed by atoms with van der Waals surface area (Å²) in [5.74, 6) is 0.528. The van der Waals surface area contributed by atoms with E-state index < -0.39 is 0 Å². The van der Waals surface area contributed by atoms with Crippen LogP contribution in [0.1, 0.15) is 26.2 Å². The molecule has 0 aromatic carbocycles. The molecule has 0 amide bonds. The Bertz CT molecular complexity index is 93.6. The molecule has 0 aromatic heterocycles. The molecule has 52 valence electrons. The van der Waals surface area contributed by atoms with Crippen molar-refractivity contribution in [2.75, 3.05) is 6.54 Å². The van der Waals surface area contributed by atoms with Crippen LogP contribution in [0, 0.1) is 17.2 Å². The lowest BCUT2D eigenvalue weighted by Gasteiger charge is -2.06. The Morgan fingerprint density at radius 2 is 2.33 bits per heavy atom. The summed E-state index contributed by atoms with van der Waals surface area (Å²) in [4.78, 5) is 0. The number of rotatable bonds is 4. The lowest BCUT2D eigenvalue weighted by Crippen LogP contribution is -2.06. The van der Waals surface area contributed by atoms with Gasteiger partial charge in [-0.15, -0.1) is 0 Å². The molecule has 0 aliphatic rings. The van der Waals surface area contributed by atoms with Gasteiger partial charge < -0.3 is 5.73 Å². The number of nitrogens with zero attached hydrogens (tertiary/aromatic N) is 1. The zero-order valence-corrected chi connectivity index (χ0v) is 5.93. The highest BCUT2D eigenvalue weighted by molar-refractivity contribution is 4.74. The second-order valence-corrected chi connectivity index (χ2v) is 2.21. The first-order valence-corrected chi connectivity index (χ1v) is 3.42. The fraction of sp³-hybridized carbons (Fsp3) is 0.857. The minimum absolute atomic E-state index is 0.528. The van der Waals surface area contributed by atoms with Crippen LogP contribution in [0.15, 0.2) is 0 Å². The van der Waals surface area contributed by atoms with Crippen molar-refractivity contribution in [1.82, 2.24) is 0 Å². The van der Waals surface area contributed by atoms with Crippen LogP contribution in [-0.4, -0.2) is 6.54 Å². The third-order valence-corrected chi connectivity index (χ3v) is 1.53. The number of nitriles is 1. The molecule has 0 saturated carbocycles. The summed E-state index contributed by atoms with van der Waals surface area (Å²) in [7, 11) is 0. The first-order chi connectivity index (χ1) is 4.35. The first kappa shape index (κ1) is 8.45. The largest absolute Gasteiger partial charge is 0.330 e. The van der Waals surface area contributed by atoms with Crippen LogP contribution in [0.3, 0.4) is 0 Å². The Labute approximate surface area is 56.7 Å². The van der Waals surface area contributed by atoms with Crippen molar-refractivity contribution < 1.29 is 0 Å². The molecule has 0 bridgehead atoms. The maximum Gasteiger partial charge on any atom is 0.0624 e. The number of hydrogen-bond acceptors (Lipinski definition) is 2. The Kier molecular flexibility index (Phi) is 5.24. The van der Waals surface area contributed by atoms with Crippen LogP contribution in [0.2, 0.25) is 0 Å². The Hall–Kier alpha value is -0.550. The summed E-state index contributed by atoms with van der Waals surface area (Å²) in [5, 5.41) is 8.30. The highest BCUT2D eigenvalue weighted by Gasteiger charge is 2.02. The maximum atomic E-state index is 8.30. The Morgan fingerprint density at radius 3 is 2.67 bits per heavy atom. The van der Waals surface area contributed by atoms with E-state index >= 15 is 0 Å². The van der Waals surface area contributed by atoms with E-state index in [4.69, 9.17) is 11.0 Å². The lowest BCUT2D eigenvalue weighted by molar-refractivity contribution is 0.488. The molecule has 0 saturated heterocycles. The zero-order valence-electron chi connectivity index (χ0n) is 5.93. The molecule has 2 N–H and O–H groups in total. The molecule has 2 heteroatoms. The van der Waals surface area contributed by atoms with Gasteiger partial charge in [-0.05, 0) is 18.9 Å². The molecule has 0 spiro atoms. The molecule has 1 unspecified atom stereocenters. The van der Waals surface area contributed by atoms with Crippen molar-refractivity contribution in [2.45, 2.75) is 26.2 Å². The monoisotopic (exact) mass is 126 g/mol. The van der Waals surface area contributed by atoms with E-state index in [9.17, 15) is 0 Å². The third-order valence-electron chi connectivity index (χ3n) is 1.53. The van der Waals surface area contributed by atoms with Gasteiger partial charge in [0.2, 0.25) is 0 Å². The Balaban J connectivity index is 3.32. The summed E-state index contributed by atoms with van der Waals surface area (Å²) in [5.41, 5.74) is 5.33. The minimum atomic E-state index is 0.528. The van der Waals surface area contributed by atoms with Gasteiger partial charge in [-0.1, -0.05) is 13.3 Å². The van der Waals surface area contributed by atoms with Crippen LogP contribution in [0.4, 0.5) is 0 Å². The van der Waals surface area contributed by atoms with Gasteiger partial charge in [0.05, 0.1) is 6.07 Å². The predicted molar refractivity (Wildman–Crippen MR) is 37.7 cm³/mol. The standard InChI is InChI=1S/C7H14N2/c1-2-7(3-5-8)4-6-9/h7H,2-5,8H2,1H3. The van der Waals surface area contributed by atoms with E-state index in [0.717, 1.165) is 12.8 Å². The van der Waals surface area contributed by atoms with E-state index in [0.29, 0.717) is 18.9 Å². The highest BCUT2D eigenvalue weighted by Crippen LogP contribution is 2.10. The third kappa shape index (κ3) is 3.99. The van der Waals surface area contributed by atoms with Gasteiger partial charge in [-0.25, -0.2) is 0 Å². The van der Waals surface area contributed by atoms with Crippen LogP contribution >= 0.6 is 0 Å². The second-order valence-electron chi connectivity index (χ2n) is 2.21. The summed E-state index contributed by atoms with van der Waals surface area (Å²) >= 11 is 0. The SMILES string of the molecule is CCC(CC#N)CCN. The molecule has 0 aromatic rings. The van der Waals surface area contributed by atoms with Gasteiger partial charge in [0.15, 0.2) is 0 Å². The average Bonchev–Trinajstić information content (AvgIpc) is 1.88. The molecule has 1 atom stereocenters. The van der Waals surface area contributed by atoms with Crippen molar-refractivity contribution in [3.05, 3.63) is 0 Å². The van der Waals surface area contributed by atoms with Crippen molar-refractivity contribution in [3.63, 3.8) is 0 Å². The van der Waals surface area contributed by atoms with Crippen LogP contribution in [0.5, 0.6) is 0 Å². The molecular weight excluding hydrogens is 112 g/mol. The zero-order chi connectivity index (χ0) is 7.11. The van der Waals surface area contributed by atoms with E-state index in [1.165, 1.54) is 0 Å². The molecule has 0 aliphatic heterocycles. The minimum Gasteiger partial charge on any atom is -0.330 e. The van der Waals surface area contributed by atoms with Crippen molar-refractivity contribution in [3.8, 4) is 6.07 Å². The van der Waals surface area contributed by atoms with Gasteiger partial charge >= 0.3 is 0 Å². The maximum absolute atomic E-state index is 8.30. The summed E-state index contributed by atoms with van der Waals surface area (Å²) in [6, 6.07) is 2.15. The van der Waals surface area contributed by atoms with Crippen molar-refractivity contribution >= 4 is 0 Å². The molecule has 0 heterocycles. The van der Waals surface area contributed by atoms with Gasteiger partial charge in [0.25, 0.3) is 0 Å². The van der Waals surface area contributed by atoms with Crippen LogP contribution in [-0.2, 0) is 0 Å². The van der Waals surface area contributed by atoms with Crippen LogP contribution < -0.4 is 5.73 Å². The number of hydrogen-bond donors (Lipinski definition) is 1. The lowest BCUT2D eigenvalue weighted by atomic mass is 10.00. The van der Waals surface area contributed by atoms with E-state index in [2.05, 4.69) is 13.0 Å². The van der Waals surface area contributed by atoms with Gasteiger partial charge in [0.1, 0.15) is 0 Å². The quantitative estimate of drug-likeness (QED) is 0.616. The second kappa shape index (κ2) is 5.58. The fourth-order valence-corrected chi connectivity index (χ4v) is 0.815. The summed E-state index contributed by atoms with van der Waals surface area (Å²) in [6.45, 7) is 2.80. The topological polar surface area (TPSA) is 49.8 Å². The molecule has 0 radical (unpaired) electrons. The van der Waals surface area contributed by atoms with Crippen molar-refractivity contribution in [2.24, 2.45) is 11.7 Å². The highest BCUT2D eigenvalue weighted by atomic mass is 14.5. The average molecular weight is 126 g/mol. The Morgan fingerprint density at radius 1 is 1.67 bits per heavy atom. The number of nitrogens with two attached hydrogens (primary N) is 1. The van der Waals surface area contributed by atoms with E-state index in [1.807, 2.05) is 0 Å². The molecule has 0 rings (SSSR count).